The molecule has 0 radical (unpaired) electrons. The van der Waals surface area contributed by atoms with Gasteiger partial charge in [-0.25, -0.2) is 0 Å². The summed E-state index contributed by atoms with van der Waals surface area (Å²) in [5, 5.41) is 12.4. The number of rotatable bonds is 7. The Morgan fingerprint density at radius 2 is 1.66 bits per heavy atom. The monoisotopic (exact) mass is 451 g/mol. The highest BCUT2D eigenvalue weighted by Gasteiger charge is 2.24. The lowest BCUT2D eigenvalue weighted by Gasteiger charge is -2.28. The number of amides is 1. The van der Waals surface area contributed by atoms with Crippen LogP contribution in [0.4, 0.5) is 5.95 Å². The molecule has 1 amide bonds. The van der Waals surface area contributed by atoms with Crippen molar-refractivity contribution < 1.29 is 9.53 Å². The summed E-state index contributed by atoms with van der Waals surface area (Å²) in [6.45, 7) is 9.39. The molecule has 4 rings (SSSR count). The standard InChI is InChI=1S/C24H29N5O2S/c1-17-4-8-20(9-5-17)16-25-22(30)19(3)32-24-27-26-23(28-12-14-31-15-13-28)29(24)21-10-6-18(2)7-11-21/h4-11,19H,12-16H2,1-3H3,(H,25,30). The number of nitrogens with one attached hydrogen (secondary N) is 1. The zero-order valence-corrected chi connectivity index (χ0v) is 19.6. The minimum absolute atomic E-state index is 0.0260. The van der Waals surface area contributed by atoms with Crippen molar-refractivity contribution in [3.63, 3.8) is 0 Å². The predicted octanol–water partition coefficient (Wildman–Crippen LogP) is 3.52. The number of hydrogen-bond donors (Lipinski definition) is 1. The normalized spacial score (nSPS) is 14.9. The van der Waals surface area contributed by atoms with Crippen LogP contribution in [0.2, 0.25) is 0 Å². The van der Waals surface area contributed by atoms with Crippen molar-refractivity contribution in [3.8, 4) is 5.69 Å². The zero-order chi connectivity index (χ0) is 22.5. The molecular formula is C24H29N5O2S. The first-order valence-corrected chi connectivity index (χ1v) is 11.7. The highest BCUT2D eigenvalue weighted by atomic mass is 32.2. The van der Waals surface area contributed by atoms with Gasteiger partial charge in [0.25, 0.3) is 0 Å². The quantitative estimate of drug-likeness (QED) is 0.554. The van der Waals surface area contributed by atoms with Gasteiger partial charge in [-0.3, -0.25) is 9.36 Å². The molecule has 1 aromatic heterocycles. The molecule has 2 heterocycles. The molecule has 2 aromatic carbocycles. The SMILES string of the molecule is Cc1ccc(CNC(=O)C(C)Sc2nnc(N3CCOCC3)n2-c2ccc(C)cc2)cc1. The first-order chi connectivity index (χ1) is 15.5. The Hall–Kier alpha value is -2.84. The van der Waals surface area contributed by atoms with Crippen LogP contribution in [-0.4, -0.2) is 52.2 Å². The van der Waals surface area contributed by atoms with E-state index in [1.165, 1.54) is 22.9 Å². The van der Waals surface area contributed by atoms with Gasteiger partial charge in [-0.15, -0.1) is 10.2 Å². The molecule has 7 nitrogen and oxygen atoms in total. The minimum Gasteiger partial charge on any atom is -0.378 e. The Balaban J connectivity index is 1.51. The van der Waals surface area contributed by atoms with E-state index in [-0.39, 0.29) is 11.2 Å². The number of anilines is 1. The third kappa shape index (κ3) is 5.31. The number of benzene rings is 2. The number of thioether (sulfide) groups is 1. The molecular weight excluding hydrogens is 422 g/mol. The van der Waals surface area contributed by atoms with Crippen LogP contribution in [-0.2, 0) is 16.1 Å². The smallest absolute Gasteiger partial charge is 0.233 e. The molecule has 1 N–H and O–H groups in total. The Kier molecular flexibility index (Phi) is 7.12. The highest BCUT2D eigenvalue weighted by Crippen LogP contribution is 2.30. The average Bonchev–Trinajstić information content (AvgIpc) is 3.23. The summed E-state index contributed by atoms with van der Waals surface area (Å²) >= 11 is 1.42. The van der Waals surface area contributed by atoms with Gasteiger partial charge < -0.3 is 15.0 Å². The minimum atomic E-state index is -0.314. The molecule has 8 heteroatoms. The van der Waals surface area contributed by atoms with Crippen LogP contribution in [0, 0.1) is 13.8 Å². The largest absolute Gasteiger partial charge is 0.378 e. The molecule has 168 valence electrons. The second-order valence-corrected chi connectivity index (χ2v) is 9.32. The van der Waals surface area contributed by atoms with E-state index in [2.05, 4.69) is 70.7 Å². The van der Waals surface area contributed by atoms with Gasteiger partial charge in [0.2, 0.25) is 11.9 Å². The van der Waals surface area contributed by atoms with Crippen molar-refractivity contribution in [2.45, 2.75) is 37.7 Å². The van der Waals surface area contributed by atoms with Crippen LogP contribution >= 0.6 is 11.8 Å². The summed E-state index contributed by atoms with van der Waals surface area (Å²) in [6.07, 6.45) is 0. The number of ether oxygens (including phenoxy) is 1. The molecule has 0 aliphatic carbocycles. The first-order valence-electron chi connectivity index (χ1n) is 10.9. The van der Waals surface area contributed by atoms with Crippen LogP contribution in [0.1, 0.15) is 23.6 Å². The Bertz CT molecular complexity index is 1040. The number of morpholine rings is 1. The molecule has 1 fully saturated rings. The number of nitrogens with zero attached hydrogens (tertiary/aromatic N) is 4. The molecule has 1 atom stereocenters. The molecule has 0 bridgehead atoms. The Morgan fingerprint density at radius 1 is 1.03 bits per heavy atom. The van der Waals surface area contributed by atoms with Crippen molar-refractivity contribution in [3.05, 3.63) is 65.2 Å². The van der Waals surface area contributed by atoms with E-state index in [0.29, 0.717) is 24.9 Å². The zero-order valence-electron chi connectivity index (χ0n) is 18.7. The fraction of sp³-hybridized carbons (Fsp3) is 0.375. The van der Waals surface area contributed by atoms with Crippen LogP contribution in [0.25, 0.3) is 5.69 Å². The van der Waals surface area contributed by atoms with Crippen molar-refractivity contribution >= 4 is 23.6 Å². The van der Waals surface area contributed by atoms with Gasteiger partial charge in [0.1, 0.15) is 0 Å². The maximum Gasteiger partial charge on any atom is 0.233 e. The molecule has 0 saturated carbocycles. The summed E-state index contributed by atoms with van der Waals surface area (Å²) in [6, 6.07) is 16.5. The van der Waals surface area contributed by atoms with Gasteiger partial charge in [-0.2, -0.15) is 0 Å². The molecule has 1 aliphatic heterocycles. The van der Waals surface area contributed by atoms with Crippen LogP contribution < -0.4 is 10.2 Å². The van der Waals surface area contributed by atoms with E-state index in [1.54, 1.807) is 0 Å². The molecule has 32 heavy (non-hydrogen) atoms. The summed E-state index contributed by atoms with van der Waals surface area (Å²) in [7, 11) is 0. The molecule has 0 spiro atoms. The van der Waals surface area contributed by atoms with E-state index in [1.807, 2.05) is 23.6 Å². The summed E-state index contributed by atoms with van der Waals surface area (Å²) in [4.78, 5) is 15.0. The van der Waals surface area contributed by atoms with Gasteiger partial charge >= 0.3 is 0 Å². The first kappa shape index (κ1) is 22.4. The third-order valence-electron chi connectivity index (χ3n) is 5.44. The maximum absolute atomic E-state index is 12.8. The van der Waals surface area contributed by atoms with Crippen molar-refractivity contribution in [2.24, 2.45) is 0 Å². The Labute approximate surface area is 193 Å². The fourth-order valence-electron chi connectivity index (χ4n) is 3.48. The van der Waals surface area contributed by atoms with Crippen molar-refractivity contribution in [1.29, 1.82) is 0 Å². The van der Waals surface area contributed by atoms with Crippen LogP contribution in [0.15, 0.2) is 53.7 Å². The second kappa shape index (κ2) is 10.2. The van der Waals surface area contributed by atoms with E-state index in [4.69, 9.17) is 4.74 Å². The summed E-state index contributed by atoms with van der Waals surface area (Å²) < 4.78 is 7.54. The lowest BCUT2D eigenvalue weighted by molar-refractivity contribution is -0.120. The van der Waals surface area contributed by atoms with Gasteiger partial charge in [-0.05, 0) is 38.5 Å². The Morgan fingerprint density at radius 3 is 2.31 bits per heavy atom. The van der Waals surface area contributed by atoms with E-state index < -0.39 is 0 Å². The summed E-state index contributed by atoms with van der Waals surface area (Å²) in [5.41, 5.74) is 4.46. The molecule has 3 aromatic rings. The van der Waals surface area contributed by atoms with Gasteiger partial charge in [0.05, 0.1) is 24.2 Å². The number of carbonyl (C=O) groups excluding carboxylic acids is 1. The van der Waals surface area contributed by atoms with Gasteiger partial charge in [0, 0.05) is 19.6 Å². The number of aryl methyl sites for hydroxylation is 2. The lowest BCUT2D eigenvalue weighted by Crippen LogP contribution is -2.38. The molecule has 1 unspecified atom stereocenters. The van der Waals surface area contributed by atoms with E-state index >= 15 is 0 Å². The summed E-state index contributed by atoms with van der Waals surface area (Å²) in [5.74, 6) is 0.758. The number of carbonyl (C=O) groups is 1. The van der Waals surface area contributed by atoms with Gasteiger partial charge in [-0.1, -0.05) is 59.3 Å². The van der Waals surface area contributed by atoms with Crippen molar-refractivity contribution in [1.82, 2.24) is 20.1 Å². The van der Waals surface area contributed by atoms with Gasteiger partial charge in [0.15, 0.2) is 5.16 Å². The predicted molar refractivity (Wildman–Crippen MR) is 127 cm³/mol. The highest BCUT2D eigenvalue weighted by molar-refractivity contribution is 8.00. The van der Waals surface area contributed by atoms with Crippen molar-refractivity contribution in [2.75, 3.05) is 31.2 Å². The lowest BCUT2D eigenvalue weighted by atomic mass is 10.1. The van der Waals surface area contributed by atoms with E-state index in [9.17, 15) is 4.79 Å². The number of hydrogen-bond acceptors (Lipinski definition) is 6. The molecule has 1 aliphatic rings. The fourth-order valence-corrected chi connectivity index (χ4v) is 4.36. The van der Waals surface area contributed by atoms with Crippen LogP contribution in [0.3, 0.4) is 0 Å². The number of aromatic nitrogens is 3. The topological polar surface area (TPSA) is 72.3 Å². The third-order valence-corrected chi connectivity index (χ3v) is 6.48. The molecule has 1 saturated heterocycles. The second-order valence-electron chi connectivity index (χ2n) is 8.02. The maximum atomic E-state index is 12.8. The average molecular weight is 452 g/mol. The van der Waals surface area contributed by atoms with E-state index in [0.717, 1.165) is 30.3 Å². The van der Waals surface area contributed by atoms with Crippen LogP contribution in [0.5, 0.6) is 0 Å².